The van der Waals surface area contributed by atoms with Crippen molar-refractivity contribution in [3.8, 4) is 0 Å². The van der Waals surface area contributed by atoms with Crippen LogP contribution < -0.4 is 11.1 Å². The van der Waals surface area contributed by atoms with Gasteiger partial charge in [-0.2, -0.15) is 0 Å². The number of rotatable bonds is 2. The van der Waals surface area contributed by atoms with Crippen LogP contribution in [0.5, 0.6) is 0 Å². The topological polar surface area (TPSA) is 77.0 Å². The van der Waals surface area contributed by atoms with Crippen LogP contribution in [0.1, 0.15) is 5.56 Å². The molecule has 0 aliphatic rings. The lowest BCUT2D eigenvalue weighted by molar-refractivity contribution is 0.462. The molecule has 5 nitrogen and oxygen atoms in total. The van der Waals surface area contributed by atoms with Gasteiger partial charge in [0.2, 0.25) is 0 Å². The van der Waals surface area contributed by atoms with Gasteiger partial charge in [0.15, 0.2) is 11.4 Å². The molecule has 0 atom stereocenters. The number of hydrogen-bond acceptors (Lipinski definition) is 5. The molecule has 4 aromatic rings. The Kier molecular flexibility index (Phi) is 2.72. The Hall–Kier alpha value is -3.08. The summed E-state index contributed by atoms with van der Waals surface area (Å²) in [5.41, 5.74) is 9.59. The Bertz CT molecular complexity index is 973. The highest BCUT2D eigenvalue weighted by molar-refractivity contribution is 6.11. The van der Waals surface area contributed by atoms with Gasteiger partial charge in [-0.05, 0) is 31.2 Å². The molecule has 0 radical (unpaired) electrons. The van der Waals surface area contributed by atoms with Crippen LogP contribution in [-0.4, -0.2) is 10.1 Å². The zero-order valence-corrected chi connectivity index (χ0v) is 12.0. The van der Waals surface area contributed by atoms with Crippen LogP contribution in [0.4, 0.5) is 17.3 Å². The molecule has 0 unspecified atom stereocenters. The molecule has 2 heterocycles. The van der Waals surface area contributed by atoms with Crippen molar-refractivity contribution < 1.29 is 4.52 Å². The predicted octanol–water partition coefficient (Wildman–Crippen LogP) is 4.01. The molecule has 0 amide bonds. The number of nitrogens with two attached hydrogens (primary N) is 1. The first-order chi connectivity index (χ1) is 10.7. The first-order valence-corrected chi connectivity index (χ1v) is 6.99. The van der Waals surface area contributed by atoms with Crippen molar-refractivity contribution in [3.05, 3.63) is 54.1 Å². The van der Waals surface area contributed by atoms with E-state index in [1.807, 2.05) is 55.5 Å². The Morgan fingerprint density at radius 1 is 1.05 bits per heavy atom. The van der Waals surface area contributed by atoms with Gasteiger partial charge in [-0.15, -0.1) is 0 Å². The van der Waals surface area contributed by atoms with Gasteiger partial charge in [-0.25, -0.2) is 4.98 Å². The van der Waals surface area contributed by atoms with Crippen molar-refractivity contribution >= 4 is 39.2 Å². The maximum Gasteiger partial charge on any atom is 0.182 e. The van der Waals surface area contributed by atoms with Crippen molar-refractivity contribution in [1.29, 1.82) is 0 Å². The number of anilines is 3. The molecule has 3 N–H and O–H groups in total. The molecule has 5 heteroatoms. The number of pyridine rings is 1. The van der Waals surface area contributed by atoms with Gasteiger partial charge in [-0.1, -0.05) is 35.0 Å². The lowest BCUT2D eigenvalue weighted by atomic mass is 10.1. The number of aromatic nitrogens is 2. The van der Waals surface area contributed by atoms with Gasteiger partial charge >= 0.3 is 0 Å². The van der Waals surface area contributed by atoms with E-state index in [4.69, 9.17) is 10.3 Å². The number of hydrogen-bond donors (Lipinski definition) is 2. The maximum absolute atomic E-state index is 5.96. The molecule has 4 rings (SSSR count). The zero-order chi connectivity index (χ0) is 15.1. The van der Waals surface area contributed by atoms with Crippen LogP contribution in [-0.2, 0) is 0 Å². The third-order valence-corrected chi connectivity index (χ3v) is 3.65. The number of para-hydroxylation sites is 1. The smallest absolute Gasteiger partial charge is 0.182 e. The normalized spacial score (nSPS) is 11.1. The number of nitrogen functional groups attached to an aromatic ring is 1. The molecule has 0 saturated carbocycles. The lowest BCUT2D eigenvalue weighted by Gasteiger charge is -2.08. The largest absolute Gasteiger partial charge is 0.380 e. The summed E-state index contributed by atoms with van der Waals surface area (Å²) in [7, 11) is 0. The molecule has 2 aromatic carbocycles. The fourth-order valence-electron chi connectivity index (χ4n) is 2.52. The molecular weight excluding hydrogens is 276 g/mol. The monoisotopic (exact) mass is 290 g/mol. The number of aryl methyl sites for hydroxylation is 1. The average molecular weight is 290 g/mol. The van der Waals surface area contributed by atoms with E-state index in [1.165, 1.54) is 5.56 Å². The summed E-state index contributed by atoms with van der Waals surface area (Å²) >= 11 is 0. The number of nitrogens with zero attached hydrogens (tertiary/aromatic N) is 2. The molecule has 0 saturated heterocycles. The van der Waals surface area contributed by atoms with E-state index in [9.17, 15) is 0 Å². The highest BCUT2D eigenvalue weighted by atomic mass is 16.5. The number of benzene rings is 2. The van der Waals surface area contributed by atoms with Crippen LogP contribution in [0, 0.1) is 6.92 Å². The standard InChI is InChI=1S/C17H14N4O/c1-10-6-8-11(9-7-10)19-17-14-15(22-21-16(14)18)12-4-2-3-5-13(12)20-17/h2-9H,1H3,(H2,18,21)(H,19,20). The Morgan fingerprint density at radius 3 is 2.64 bits per heavy atom. The van der Waals surface area contributed by atoms with E-state index < -0.39 is 0 Å². The Labute approximate surface area is 126 Å². The lowest BCUT2D eigenvalue weighted by Crippen LogP contribution is -1.97. The second-order valence-corrected chi connectivity index (χ2v) is 5.24. The van der Waals surface area contributed by atoms with Gasteiger partial charge in [0, 0.05) is 11.1 Å². The molecule has 22 heavy (non-hydrogen) atoms. The minimum atomic E-state index is 0.336. The second-order valence-electron chi connectivity index (χ2n) is 5.24. The van der Waals surface area contributed by atoms with Crippen LogP contribution in [0.3, 0.4) is 0 Å². The maximum atomic E-state index is 5.96. The highest BCUT2D eigenvalue weighted by Gasteiger charge is 2.16. The van der Waals surface area contributed by atoms with E-state index in [-0.39, 0.29) is 0 Å². The zero-order valence-electron chi connectivity index (χ0n) is 12.0. The van der Waals surface area contributed by atoms with Gasteiger partial charge in [-0.3, -0.25) is 0 Å². The van der Waals surface area contributed by atoms with Crippen LogP contribution in [0.2, 0.25) is 0 Å². The first-order valence-electron chi connectivity index (χ1n) is 6.99. The fraction of sp³-hybridized carbons (Fsp3) is 0.0588. The average Bonchev–Trinajstić information content (AvgIpc) is 2.92. The fourth-order valence-corrected chi connectivity index (χ4v) is 2.52. The van der Waals surface area contributed by atoms with Crippen molar-refractivity contribution in [2.45, 2.75) is 6.92 Å². The summed E-state index contributed by atoms with van der Waals surface area (Å²) < 4.78 is 5.40. The van der Waals surface area contributed by atoms with Crippen molar-refractivity contribution in [2.24, 2.45) is 0 Å². The van der Waals surface area contributed by atoms with Gasteiger partial charge in [0.1, 0.15) is 11.2 Å². The molecule has 2 aromatic heterocycles. The van der Waals surface area contributed by atoms with Gasteiger partial charge < -0.3 is 15.6 Å². The van der Waals surface area contributed by atoms with Gasteiger partial charge in [0.25, 0.3) is 0 Å². The quantitative estimate of drug-likeness (QED) is 0.583. The second kappa shape index (κ2) is 4.73. The Balaban J connectivity index is 1.94. The SMILES string of the molecule is Cc1ccc(Nc2nc3ccccc3c3onc(N)c23)cc1. The summed E-state index contributed by atoms with van der Waals surface area (Å²) in [6, 6.07) is 15.9. The molecular formula is C17H14N4O. The molecule has 0 aliphatic carbocycles. The summed E-state index contributed by atoms with van der Waals surface area (Å²) in [4.78, 5) is 4.66. The minimum Gasteiger partial charge on any atom is -0.380 e. The highest BCUT2D eigenvalue weighted by Crippen LogP contribution is 2.34. The van der Waals surface area contributed by atoms with Crippen LogP contribution in [0.25, 0.3) is 21.9 Å². The molecule has 0 aliphatic heterocycles. The van der Waals surface area contributed by atoms with Crippen LogP contribution in [0.15, 0.2) is 53.1 Å². The van der Waals surface area contributed by atoms with E-state index in [2.05, 4.69) is 15.5 Å². The van der Waals surface area contributed by atoms with Crippen molar-refractivity contribution in [1.82, 2.24) is 10.1 Å². The molecule has 108 valence electrons. The summed E-state index contributed by atoms with van der Waals surface area (Å²) in [6.45, 7) is 2.05. The third kappa shape index (κ3) is 1.95. The summed E-state index contributed by atoms with van der Waals surface area (Å²) in [5.74, 6) is 0.985. The van der Waals surface area contributed by atoms with Crippen molar-refractivity contribution in [3.63, 3.8) is 0 Å². The molecule has 0 fully saturated rings. The molecule has 0 spiro atoms. The molecule has 0 bridgehead atoms. The van der Waals surface area contributed by atoms with E-state index in [0.717, 1.165) is 16.6 Å². The van der Waals surface area contributed by atoms with Crippen LogP contribution >= 0.6 is 0 Å². The summed E-state index contributed by atoms with van der Waals surface area (Å²) in [5, 5.41) is 8.79. The van der Waals surface area contributed by atoms with E-state index in [1.54, 1.807) is 0 Å². The predicted molar refractivity (Wildman–Crippen MR) is 88.2 cm³/mol. The van der Waals surface area contributed by atoms with Crippen molar-refractivity contribution in [2.75, 3.05) is 11.1 Å². The van der Waals surface area contributed by atoms with E-state index in [0.29, 0.717) is 22.6 Å². The third-order valence-electron chi connectivity index (χ3n) is 3.65. The van der Waals surface area contributed by atoms with Gasteiger partial charge in [0.05, 0.1) is 5.52 Å². The number of fused-ring (bicyclic) bond motifs is 3. The minimum absolute atomic E-state index is 0.336. The Morgan fingerprint density at radius 2 is 1.82 bits per heavy atom. The first kappa shape index (κ1) is 12.6. The number of nitrogens with one attached hydrogen (secondary N) is 1. The van der Waals surface area contributed by atoms with E-state index >= 15 is 0 Å². The summed E-state index contributed by atoms with van der Waals surface area (Å²) in [6.07, 6.45) is 0.